The van der Waals surface area contributed by atoms with Crippen molar-refractivity contribution in [2.75, 3.05) is 24.8 Å². The van der Waals surface area contributed by atoms with E-state index in [9.17, 15) is 9.59 Å². The van der Waals surface area contributed by atoms with Crippen LogP contribution in [0.15, 0.2) is 64.5 Å². The number of hydrogen-bond acceptors (Lipinski definition) is 5. The van der Waals surface area contributed by atoms with Crippen LogP contribution in [0.2, 0.25) is 0 Å². The van der Waals surface area contributed by atoms with Crippen LogP contribution in [0, 0.1) is 0 Å². The van der Waals surface area contributed by atoms with E-state index in [1.807, 2.05) is 49.4 Å². The molecule has 140 valence electrons. The van der Waals surface area contributed by atoms with Crippen LogP contribution in [0.25, 0.3) is 10.9 Å². The third-order valence-electron chi connectivity index (χ3n) is 4.01. The third kappa shape index (κ3) is 4.56. The van der Waals surface area contributed by atoms with E-state index >= 15 is 0 Å². The fourth-order valence-corrected chi connectivity index (χ4v) is 3.68. The van der Waals surface area contributed by atoms with Gasteiger partial charge in [0.05, 0.1) is 29.3 Å². The maximum Gasteiger partial charge on any atom is 0.262 e. The molecule has 0 fully saturated rings. The minimum absolute atomic E-state index is 0.129. The molecule has 0 saturated heterocycles. The Morgan fingerprint density at radius 3 is 2.63 bits per heavy atom. The number of aromatic nitrogens is 2. The highest BCUT2D eigenvalue weighted by Gasteiger charge is 2.17. The molecule has 0 spiro atoms. The van der Waals surface area contributed by atoms with E-state index < -0.39 is 0 Å². The molecule has 1 N–H and O–H groups in total. The van der Waals surface area contributed by atoms with Gasteiger partial charge in [-0.25, -0.2) is 4.98 Å². The Morgan fingerprint density at radius 1 is 1.19 bits per heavy atom. The molecule has 1 aromatic heterocycles. The van der Waals surface area contributed by atoms with Gasteiger partial charge in [-0.3, -0.25) is 14.2 Å². The summed E-state index contributed by atoms with van der Waals surface area (Å²) in [5.74, 6) is -0.00103. The molecule has 0 saturated carbocycles. The molecule has 1 unspecified atom stereocenters. The number of nitrogens with zero attached hydrogens (tertiary/aromatic N) is 2. The second-order valence-corrected chi connectivity index (χ2v) is 7.04. The van der Waals surface area contributed by atoms with Gasteiger partial charge in [-0.2, -0.15) is 0 Å². The lowest BCUT2D eigenvalue weighted by Crippen LogP contribution is -2.29. The molecular formula is C20H21N3O3S. The lowest BCUT2D eigenvalue weighted by molar-refractivity contribution is -0.113. The summed E-state index contributed by atoms with van der Waals surface area (Å²) in [6.45, 7) is 2.28. The Morgan fingerprint density at radius 2 is 1.89 bits per heavy atom. The quantitative estimate of drug-likeness (QED) is 0.500. The Kier molecular flexibility index (Phi) is 6.26. The molecule has 0 aliphatic carbocycles. The Labute approximate surface area is 161 Å². The fraction of sp³-hybridized carbons (Fsp3) is 0.250. The molecule has 1 amide bonds. The van der Waals surface area contributed by atoms with Gasteiger partial charge in [-0.15, -0.1) is 0 Å². The van der Waals surface area contributed by atoms with E-state index in [-0.39, 0.29) is 23.3 Å². The van der Waals surface area contributed by atoms with Crippen molar-refractivity contribution in [3.8, 4) is 0 Å². The van der Waals surface area contributed by atoms with Crippen molar-refractivity contribution in [2.45, 2.75) is 18.1 Å². The second-order valence-electron chi connectivity index (χ2n) is 6.09. The lowest BCUT2D eigenvalue weighted by atomic mass is 10.2. The molecule has 0 aliphatic rings. The summed E-state index contributed by atoms with van der Waals surface area (Å²) in [7, 11) is 1.59. The number of carbonyl (C=O) groups excluding carboxylic acids is 1. The number of carbonyl (C=O) groups is 1. The van der Waals surface area contributed by atoms with E-state index in [0.29, 0.717) is 22.7 Å². The number of methoxy groups -OCH3 is 1. The van der Waals surface area contributed by atoms with Crippen LogP contribution in [0.3, 0.4) is 0 Å². The Hall–Kier alpha value is -2.64. The zero-order chi connectivity index (χ0) is 19.2. The molecule has 0 bridgehead atoms. The number of para-hydroxylation sites is 2. The van der Waals surface area contributed by atoms with Gasteiger partial charge in [0.25, 0.3) is 5.56 Å². The van der Waals surface area contributed by atoms with Gasteiger partial charge in [0.1, 0.15) is 0 Å². The van der Waals surface area contributed by atoms with Crippen molar-refractivity contribution < 1.29 is 9.53 Å². The smallest absolute Gasteiger partial charge is 0.262 e. The molecular weight excluding hydrogens is 362 g/mol. The molecule has 1 atom stereocenters. The van der Waals surface area contributed by atoms with Crippen LogP contribution in [-0.2, 0) is 9.53 Å². The van der Waals surface area contributed by atoms with Crippen LogP contribution < -0.4 is 10.9 Å². The maximum absolute atomic E-state index is 13.0. The fourth-order valence-electron chi connectivity index (χ4n) is 2.78. The van der Waals surface area contributed by atoms with Gasteiger partial charge < -0.3 is 10.1 Å². The van der Waals surface area contributed by atoms with E-state index in [2.05, 4.69) is 10.3 Å². The average Bonchev–Trinajstić information content (AvgIpc) is 2.67. The number of hydrogen-bond donors (Lipinski definition) is 1. The van der Waals surface area contributed by atoms with Crippen LogP contribution in [-0.4, -0.2) is 34.9 Å². The monoisotopic (exact) mass is 383 g/mol. The van der Waals surface area contributed by atoms with Crippen molar-refractivity contribution >= 4 is 34.3 Å². The lowest BCUT2D eigenvalue weighted by Gasteiger charge is -2.18. The van der Waals surface area contributed by atoms with Gasteiger partial charge in [0, 0.05) is 12.8 Å². The average molecular weight is 383 g/mol. The molecule has 6 nitrogen and oxygen atoms in total. The van der Waals surface area contributed by atoms with Crippen molar-refractivity contribution in [2.24, 2.45) is 0 Å². The second kappa shape index (κ2) is 8.83. The highest BCUT2D eigenvalue weighted by Crippen LogP contribution is 2.21. The molecule has 27 heavy (non-hydrogen) atoms. The van der Waals surface area contributed by atoms with Gasteiger partial charge >= 0.3 is 0 Å². The predicted octanol–water partition coefficient (Wildman–Crippen LogP) is 3.33. The zero-order valence-electron chi connectivity index (χ0n) is 15.2. The summed E-state index contributed by atoms with van der Waals surface area (Å²) in [5, 5.41) is 3.90. The number of anilines is 1. The predicted molar refractivity (Wildman–Crippen MR) is 108 cm³/mol. The number of nitrogens with one attached hydrogen (secondary N) is 1. The minimum atomic E-state index is -0.195. The van der Waals surface area contributed by atoms with Crippen molar-refractivity contribution in [1.29, 1.82) is 0 Å². The van der Waals surface area contributed by atoms with Gasteiger partial charge in [0.2, 0.25) is 5.91 Å². The topological polar surface area (TPSA) is 73.2 Å². The van der Waals surface area contributed by atoms with Crippen molar-refractivity contribution in [3.63, 3.8) is 0 Å². The standard InChI is InChI=1S/C20H21N3O3S/c1-14(12-26-2)23-19(25)16-10-6-7-11-17(16)22-20(23)27-13-18(24)21-15-8-4-3-5-9-15/h3-11,14H,12-13H2,1-2H3,(H,21,24). The van der Waals surface area contributed by atoms with E-state index in [0.717, 1.165) is 5.69 Å². The molecule has 0 aliphatic heterocycles. The highest BCUT2D eigenvalue weighted by molar-refractivity contribution is 7.99. The summed E-state index contributed by atoms with van der Waals surface area (Å²) < 4.78 is 6.81. The van der Waals surface area contributed by atoms with E-state index in [4.69, 9.17) is 4.74 Å². The summed E-state index contributed by atoms with van der Waals surface area (Å²) in [6, 6.07) is 16.3. The van der Waals surface area contributed by atoms with Gasteiger partial charge in [0.15, 0.2) is 5.16 Å². The number of fused-ring (bicyclic) bond motifs is 1. The Balaban J connectivity index is 1.87. The molecule has 7 heteroatoms. The minimum Gasteiger partial charge on any atom is -0.383 e. The maximum atomic E-state index is 13.0. The Bertz CT molecular complexity index is 989. The van der Waals surface area contributed by atoms with E-state index in [1.165, 1.54) is 11.8 Å². The zero-order valence-corrected chi connectivity index (χ0v) is 16.0. The first-order chi connectivity index (χ1) is 13.1. The normalized spacial score (nSPS) is 12.1. The number of ether oxygens (including phenoxy) is 1. The van der Waals surface area contributed by atoms with Crippen LogP contribution in [0.1, 0.15) is 13.0 Å². The summed E-state index contributed by atoms with van der Waals surface area (Å²) in [4.78, 5) is 29.8. The van der Waals surface area contributed by atoms with Crippen LogP contribution >= 0.6 is 11.8 Å². The largest absolute Gasteiger partial charge is 0.383 e. The molecule has 1 heterocycles. The number of thioether (sulfide) groups is 1. The highest BCUT2D eigenvalue weighted by atomic mass is 32.2. The summed E-state index contributed by atoms with van der Waals surface area (Å²) >= 11 is 1.24. The van der Waals surface area contributed by atoms with Crippen molar-refractivity contribution in [1.82, 2.24) is 9.55 Å². The van der Waals surface area contributed by atoms with E-state index in [1.54, 1.807) is 23.8 Å². The SMILES string of the molecule is COCC(C)n1c(SCC(=O)Nc2ccccc2)nc2ccccc2c1=O. The molecule has 3 aromatic rings. The third-order valence-corrected chi connectivity index (χ3v) is 4.97. The first-order valence-electron chi connectivity index (χ1n) is 8.58. The van der Waals surface area contributed by atoms with Gasteiger partial charge in [-0.05, 0) is 31.2 Å². The molecule has 2 aromatic carbocycles. The van der Waals surface area contributed by atoms with Crippen LogP contribution in [0.4, 0.5) is 5.69 Å². The first kappa shape index (κ1) is 19.1. The number of benzene rings is 2. The van der Waals surface area contributed by atoms with Crippen LogP contribution in [0.5, 0.6) is 0 Å². The van der Waals surface area contributed by atoms with Gasteiger partial charge in [-0.1, -0.05) is 42.1 Å². The number of rotatable bonds is 7. The molecule has 0 radical (unpaired) electrons. The first-order valence-corrected chi connectivity index (χ1v) is 9.56. The van der Waals surface area contributed by atoms with Crippen molar-refractivity contribution in [3.05, 3.63) is 65.0 Å². The number of amides is 1. The summed E-state index contributed by atoms with van der Waals surface area (Å²) in [5.41, 5.74) is 1.23. The molecule has 3 rings (SSSR count). The summed E-state index contributed by atoms with van der Waals surface area (Å²) in [6.07, 6.45) is 0.